The predicted molar refractivity (Wildman–Crippen MR) is 122 cm³/mol. The molecule has 158 valence electrons. The Morgan fingerprint density at radius 2 is 1.97 bits per heavy atom. The number of hydrogen-bond acceptors (Lipinski definition) is 4. The number of carbonyl (C=O) groups is 1. The minimum absolute atomic E-state index is 0.0340. The fourth-order valence-electron chi connectivity index (χ4n) is 3.34. The standard InChI is InChI=1S/C23H21FN4O2S/c1-14(2)28-22(30)21-20(18(12-25-21)15-7-4-3-5-8-15)27-23(28)31-13-19(29)26-17-10-6-9-16(24)11-17/h3-12,14,25H,13H2,1-2H3,(H,26,29). The summed E-state index contributed by atoms with van der Waals surface area (Å²) >= 11 is 1.18. The Balaban J connectivity index is 1.66. The lowest BCUT2D eigenvalue weighted by atomic mass is 10.1. The molecule has 0 fully saturated rings. The lowest BCUT2D eigenvalue weighted by Crippen LogP contribution is -2.25. The van der Waals surface area contributed by atoms with E-state index in [1.807, 2.05) is 44.2 Å². The number of fused-ring (bicyclic) bond motifs is 1. The molecular weight excluding hydrogens is 415 g/mol. The minimum atomic E-state index is -0.424. The highest BCUT2D eigenvalue weighted by Gasteiger charge is 2.19. The van der Waals surface area contributed by atoms with Crippen LogP contribution in [0.15, 0.2) is 70.7 Å². The number of H-pyrrole nitrogens is 1. The second-order valence-corrected chi connectivity index (χ2v) is 8.24. The van der Waals surface area contributed by atoms with Gasteiger partial charge in [-0.3, -0.25) is 14.2 Å². The lowest BCUT2D eigenvalue weighted by Gasteiger charge is -2.15. The van der Waals surface area contributed by atoms with Crippen molar-refractivity contribution in [3.63, 3.8) is 0 Å². The summed E-state index contributed by atoms with van der Waals surface area (Å²) in [6.45, 7) is 3.79. The third-order valence-corrected chi connectivity index (χ3v) is 5.69. The summed E-state index contributed by atoms with van der Waals surface area (Å²) < 4.78 is 14.9. The van der Waals surface area contributed by atoms with E-state index in [1.165, 1.54) is 30.0 Å². The predicted octanol–water partition coefficient (Wildman–Crippen LogP) is 4.84. The van der Waals surface area contributed by atoms with Gasteiger partial charge in [-0.05, 0) is 37.6 Å². The molecule has 4 rings (SSSR count). The Labute approximate surface area is 182 Å². The van der Waals surface area contributed by atoms with Crippen molar-refractivity contribution in [3.8, 4) is 11.1 Å². The topological polar surface area (TPSA) is 79.8 Å². The largest absolute Gasteiger partial charge is 0.355 e. The van der Waals surface area contributed by atoms with Gasteiger partial charge in [-0.2, -0.15) is 0 Å². The highest BCUT2D eigenvalue weighted by atomic mass is 32.2. The number of thioether (sulfide) groups is 1. The zero-order valence-electron chi connectivity index (χ0n) is 17.1. The van der Waals surface area contributed by atoms with E-state index in [2.05, 4.69) is 10.3 Å². The van der Waals surface area contributed by atoms with Gasteiger partial charge in [0.15, 0.2) is 5.16 Å². The van der Waals surface area contributed by atoms with Gasteiger partial charge in [0.1, 0.15) is 16.9 Å². The number of anilines is 1. The van der Waals surface area contributed by atoms with Crippen LogP contribution in [0.25, 0.3) is 22.2 Å². The Kier molecular flexibility index (Phi) is 5.90. The Morgan fingerprint density at radius 3 is 2.68 bits per heavy atom. The molecule has 0 aliphatic carbocycles. The van der Waals surface area contributed by atoms with Crippen molar-refractivity contribution in [2.24, 2.45) is 0 Å². The van der Waals surface area contributed by atoms with Crippen LogP contribution in [0, 0.1) is 5.82 Å². The molecule has 0 spiro atoms. The third-order valence-electron chi connectivity index (χ3n) is 4.74. The summed E-state index contributed by atoms with van der Waals surface area (Å²) in [4.78, 5) is 33.3. The molecule has 0 saturated carbocycles. The zero-order chi connectivity index (χ0) is 22.0. The number of nitrogens with zero attached hydrogens (tertiary/aromatic N) is 2. The fraction of sp³-hybridized carbons (Fsp3) is 0.174. The van der Waals surface area contributed by atoms with Gasteiger partial charge in [-0.15, -0.1) is 0 Å². The molecule has 2 aromatic carbocycles. The number of rotatable bonds is 6. The average molecular weight is 437 g/mol. The number of halogens is 1. The SMILES string of the molecule is CC(C)n1c(SCC(=O)Nc2cccc(F)c2)nc2c(-c3ccccc3)c[nH]c2c1=O. The van der Waals surface area contributed by atoms with Gasteiger partial charge in [0.05, 0.1) is 5.75 Å². The normalized spacial score (nSPS) is 11.2. The van der Waals surface area contributed by atoms with Crippen molar-refractivity contribution < 1.29 is 9.18 Å². The van der Waals surface area contributed by atoms with Gasteiger partial charge in [0.2, 0.25) is 5.91 Å². The Hall–Kier alpha value is -3.39. The molecule has 2 heterocycles. The molecule has 0 aliphatic rings. The summed E-state index contributed by atoms with van der Waals surface area (Å²) in [5.74, 6) is -0.698. The average Bonchev–Trinajstić information content (AvgIpc) is 3.17. The van der Waals surface area contributed by atoms with E-state index in [0.717, 1.165) is 11.1 Å². The first-order valence-electron chi connectivity index (χ1n) is 9.81. The number of aromatic nitrogens is 3. The summed E-state index contributed by atoms with van der Waals surface area (Å²) in [6, 6.07) is 15.3. The van der Waals surface area contributed by atoms with E-state index in [9.17, 15) is 14.0 Å². The van der Waals surface area contributed by atoms with E-state index < -0.39 is 5.82 Å². The Morgan fingerprint density at radius 1 is 1.19 bits per heavy atom. The molecule has 2 aromatic heterocycles. The van der Waals surface area contributed by atoms with Crippen LogP contribution in [-0.2, 0) is 4.79 Å². The first-order valence-corrected chi connectivity index (χ1v) is 10.8. The highest BCUT2D eigenvalue weighted by Crippen LogP contribution is 2.28. The summed E-state index contributed by atoms with van der Waals surface area (Å²) in [5, 5.41) is 3.12. The maximum absolute atomic E-state index is 13.3. The van der Waals surface area contributed by atoms with Crippen LogP contribution in [0.3, 0.4) is 0 Å². The number of aromatic amines is 1. The second-order valence-electron chi connectivity index (χ2n) is 7.30. The highest BCUT2D eigenvalue weighted by molar-refractivity contribution is 7.99. The van der Waals surface area contributed by atoms with Crippen molar-refractivity contribution in [2.45, 2.75) is 25.0 Å². The molecule has 0 aliphatic heterocycles. The number of amides is 1. The van der Waals surface area contributed by atoms with Crippen molar-refractivity contribution in [2.75, 3.05) is 11.1 Å². The van der Waals surface area contributed by atoms with E-state index in [0.29, 0.717) is 21.9 Å². The number of carbonyl (C=O) groups excluding carboxylic acids is 1. The van der Waals surface area contributed by atoms with Gasteiger partial charge in [0.25, 0.3) is 5.56 Å². The lowest BCUT2D eigenvalue weighted by molar-refractivity contribution is -0.113. The number of nitrogens with one attached hydrogen (secondary N) is 2. The molecule has 31 heavy (non-hydrogen) atoms. The zero-order valence-corrected chi connectivity index (χ0v) is 17.9. The maximum atomic E-state index is 13.3. The van der Waals surface area contributed by atoms with E-state index >= 15 is 0 Å². The van der Waals surface area contributed by atoms with Gasteiger partial charge in [-0.25, -0.2) is 9.37 Å². The van der Waals surface area contributed by atoms with Crippen LogP contribution in [0.5, 0.6) is 0 Å². The first-order chi connectivity index (χ1) is 14.9. The van der Waals surface area contributed by atoms with Crippen LogP contribution < -0.4 is 10.9 Å². The maximum Gasteiger partial charge on any atom is 0.278 e. The minimum Gasteiger partial charge on any atom is -0.355 e. The third kappa shape index (κ3) is 4.39. The molecule has 2 N–H and O–H groups in total. The molecule has 0 radical (unpaired) electrons. The van der Waals surface area contributed by atoms with Crippen LogP contribution >= 0.6 is 11.8 Å². The molecule has 0 bridgehead atoms. The molecule has 0 unspecified atom stereocenters. The summed E-state index contributed by atoms with van der Waals surface area (Å²) in [7, 11) is 0. The molecule has 1 amide bonds. The number of benzene rings is 2. The first kappa shape index (κ1) is 20.9. The second kappa shape index (κ2) is 8.77. The van der Waals surface area contributed by atoms with Crippen LogP contribution in [0.2, 0.25) is 0 Å². The summed E-state index contributed by atoms with van der Waals surface area (Å²) in [6.07, 6.45) is 1.78. The van der Waals surface area contributed by atoms with Crippen molar-refractivity contribution in [3.05, 3.63) is 77.0 Å². The Bertz CT molecular complexity index is 1300. The molecule has 0 saturated heterocycles. The molecule has 8 heteroatoms. The van der Waals surface area contributed by atoms with Gasteiger partial charge >= 0.3 is 0 Å². The molecule has 4 aromatic rings. The monoisotopic (exact) mass is 436 g/mol. The van der Waals surface area contributed by atoms with Gasteiger partial charge in [0, 0.05) is 23.5 Å². The van der Waals surface area contributed by atoms with Crippen molar-refractivity contribution >= 4 is 34.4 Å². The summed E-state index contributed by atoms with van der Waals surface area (Å²) in [5.41, 5.74) is 2.97. The van der Waals surface area contributed by atoms with E-state index in [-0.39, 0.29) is 23.3 Å². The van der Waals surface area contributed by atoms with Gasteiger partial charge in [-0.1, -0.05) is 48.2 Å². The van der Waals surface area contributed by atoms with Gasteiger partial charge < -0.3 is 10.3 Å². The van der Waals surface area contributed by atoms with E-state index in [1.54, 1.807) is 16.8 Å². The van der Waals surface area contributed by atoms with Crippen LogP contribution in [-0.4, -0.2) is 26.2 Å². The van der Waals surface area contributed by atoms with Crippen molar-refractivity contribution in [1.82, 2.24) is 14.5 Å². The molecular formula is C23H21FN4O2S. The quantitative estimate of drug-likeness (QED) is 0.335. The molecule has 0 atom stereocenters. The van der Waals surface area contributed by atoms with Crippen molar-refractivity contribution in [1.29, 1.82) is 0 Å². The fourth-order valence-corrected chi connectivity index (χ4v) is 4.26. The van der Waals surface area contributed by atoms with E-state index in [4.69, 9.17) is 4.98 Å². The number of hydrogen-bond donors (Lipinski definition) is 2. The van der Waals surface area contributed by atoms with Crippen LogP contribution in [0.1, 0.15) is 19.9 Å². The van der Waals surface area contributed by atoms with Crippen LogP contribution in [0.4, 0.5) is 10.1 Å². The molecule has 6 nitrogen and oxygen atoms in total. The smallest absolute Gasteiger partial charge is 0.278 e.